The number of amides is 3. The Bertz CT molecular complexity index is 902. The first-order valence-electron chi connectivity index (χ1n) is 10.8. The Morgan fingerprint density at radius 1 is 1.03 bits per heavy atom. The minimum Gasteiger partial charge on any atom is -0.508 e. The van der Waals surface area contributed by atoms with Gasteiger partial charge in [-0.25, -0.2) is 4.79 Å². The quantitative estimate of drug-likeness (QED) is 0.0712. The molecule has 1 aromatic carbocycles. The van der Waals surface area contributed by atoms with Crippen molar-refractivity contribution in [2.75, 3.05) is 13.1 Å². The number of hydrogen-bond acceptors (Lipinski definition) is 8. The van der Waals surface area contributed by atoms with E-state index in [4.69, 9.17) is 17.2 Å². The van der Waals surface area contributed by atoms with E-state index in [1.165, 1.54) is 19.1 Å². The Balaban J connectivity index is 2.77. The number of aliphatic imine (C=N–C) groups is 1. The Kier molecular flexibility index (Phi) is 12.0. The fraction of sp³-hybridized carbons (Fsp3) is 0.476. The van der Waals surface area contributed by atoms with Crippen LogP contribution in [0.2, 0.25) is 0 Å². The summed E-state index contributed by atoms with van der Waals surface area (Å²) in [4.78, 5) is 52.4. The summed E-state index contributed by atoms with van der Waals surface area (Å²) < 4.78 is 0. The van der Waals surface area contributed by atoms with Gasteiger partial charge in [-0.05, 0) is 37.5 Å². The van der Waals surface area contributed by atoms with Crippen molar-refractivity contribution in [3.8, 4) is 5.75 Å². The highest BCUT2D eigenvalue weighted by Crippen LogP contribution is 2.11. The third-order valence-corrected chi connectivity index (χ3v) is 4.83. The zero-order valence-electron chi connectivity index (χ0n) is 19.3. The molecule has 3 amide bonds. The molecule has 4 atom stereocenters. The second-order valence-corrected chi connectivity index (χ2v) is 7.82. The maximum atomic E-state index is 12.7. The molecule has 0 heterocycles. The monoisotopic (exact) mass is 495 g/mol. The van der Waals surface area contributed by atoms with Gasteiger partial charge in [-0.3, -0.25) is 19.4 Å². The maximum absolute atomic E-state index is 12.7. The standard InChI is InChI=1S/C21H33N7O7/c1-11(29)17(22)19(33)28-15(9-12-4-6-13(30)7-5-12)18(32)26-10-16(31)27-14(20(34)35)3-2-8-25-21(23)24/h4-7,11,14-15,17,29-30H,2-3,8-10,22H2,1H3,(H,26,32)(H,27,31)(H,28,33)(H,34,35)(H4,23,24,25). The summed E-state index contributed by atoms with van der Waals surface area (Å²) in [5, 5.41) is 35.3. The van der Waals surface area contributed by atoms with Crippen molar-refractivity contribution in [2.24, 2.45) is 22.2 Å². The molecule has 0 bridgehead atoms. The molecule has 1 rings (SSSR count). The largest absolute Gasteiger partial charge is 0.508 e. The Hall–Kier alpha value is -3.91. The molecule has 0 saturated heterocycles. The summed E-state index contributed by atoms with van der Waals surface area (Å²) in [5.74, 6) is -3.67. The Labute approximate surface area is 201 Å². The van der Waals surface area contributed by atoms with E-state index in [0.717, 1.165) is 0 Å². The highest BCUT2D eigenvalue weighted by Gasteiger charge is 2.27. The molecule has 14 heteroatoms. The topological polar surface area (TPSA) is 255 Å². The second-order valence-electron chi connectivity index (χ2n) is 7.82. The van der Waals surface area contributed by atoms with Crippen molar-refractivity contribution < 1.29 is 34.5 Å². The third kappa shape index (κ3) is 11.2. The van der Waals surface area contributed by atoms with Gasteiger partial charge >= 0.3 is 5.97 Å². The lowest BCUT2D eigenvalue weighted by atomic mass is 10.0. The van der Waals surface area contributed by atoms with Gasteiger partial charge in [0.15, 0.2) is 5.96 Å². The van der Waals surface area contributed by atoms with Gasteiger partial charge in [-0.1, -0.05) is 12.1 Å². The number of nitrogens with two attached hydrogens (primary N) is 3. The smallest absolute Gasteiger partial charge is 0.326 e. The van der Waals surface area contributed by atoms with E-state index < -0.39 is 54.5 Å². The van der Waals surface area contributed by atoms with Gasteiger partial charge < -0.3 is 48.5 Å². The van der Waals surface area contributed by atoms with Gasteiger partial charge in [0.25, 0.3) is 0 Å². The fourth-order valence-corrected chi connectivity index (χ4v) is 2.86. The molecule has 0 aliphatic heterocycles. The van der Waals surface area contributed by atoms with Crippen LogP contribution in [-0.2, 0) is 25.6 Å². The first kappa shape index (κ1) is 29.1. The van der Waals surface area contributed by atoms with Gasteiger partial charge in [-0.15, -0.1) is 0 Å². The summed E-state index contributed by atoms with van der Waals surface area (Å²) >= 11 is 0. The van der Waals surface area contributed by atoms with Gasteiger partial charge in [-0.2, -0.15) is 0 Å². The van der Waals surface area contributed by atoms with Crippen LogP contribution in [0.15, 0.2) is 29.3 Å². The second kappa shape index (κ2) is 14.4. The van der Waals surface area contributed by atoms with Crippen molar-refractivity contribution >= 4 is 29.7 Å². The van der Waals surface area contributed by atoms with Gasteiger partial charge in [0.1, 0.15) is 23.9 Å². The predicted molar refractivity (Wildman–Crippen MR) is 126 cm³/mol. The average molecular weight is 496 g/mol. The van der Waals surface area contributed by atoms with E-state index in [1.54, 1.807) is 12.1 Å². The summed E-state index contributed by atoms with van der Waals surface area (Å²) in [5.41, 5.74) is 16.6. The van der Waals surface area contributed by atoms with Crippen LogP contribution in [0.25, 0.3) is 0 Å². The minimum atomic E-state index is -1.29. The van der Waals surface area contributed by atoms with Crippen molar-refractivity contribution in [1.29, 1.82) is 0 Å². The number of rotatable bonds is 14. The van der Waals surface area contributed by atoms with Crippen LogP contribution < -0.4 is 33.2 Å². The number of phenolic OH excluding ortho intramolecular Hbond substituents is 1. The Morgan fingerprint density at radius 3 is 2.20 bits per heavy atom. The zero-order valence-corrected chi connectivity index (χ0v) is 19.3. The molecule has 194 valence electrons. The predicted octanol–water partition coefficient (Wildman–Crippen LogP) is -3.13. The van der Waals surface area contributed by atoms with Crippen LogP contribution in [0.1, 0.15) is 25.3 Å². The van der Waals surface area contributed by atoms with E-state index in [-0.39, 0.29) is 31.1 Å². The number of aliphatic carboxylic acids is 1. The van der Waals surface area contributed by atoms with Crippen molar-refractivity contribution in [3.63, 3.8) is 0 Å². The first-order chi connectivity index (χ1) is 16.4. The van der Waals surface area contributed by atoms with Crippen LogP contribution in [0, 0.1) is 0 Å². The molecule has 0 aliphatic rings. The number of aromatic hydroxyl groups is 1. The highest BCUT2D eigenvalue weighted by atomic mass is 16.4. The molecular formula is C21H33N7O7. The van der Waals surface area contributed by atoms with Crippen molar-refractivity contribution in [3.05, 3.63) is 29.8 Å². The maximum Gasteiger partial charge on any atom is 0.326 e. The summed E-state index contributed by atoms with van der Waals surface area (Å²) in [6.07, 6.45) is -0.818. The molecule has 0 saturated carbocycles. The number of nitrogens with one attached hydrogen (secondary N) is 3. The number of guanidine groups is 1. The molecule has 0 spiro atoms. The van der Waals surface area contributed by atoms with Gasteiger partial charge in [0.05, 0.1) is 12.6 Å². The number of carboxylic acid groups (broad SMARTS) is 1. The number of aliphatic hydroxyl groups is 1. The number of aliphatic hydroxyl groups excluding tert-OH is 1. The number of carbonyl (C=O) groups is 4. The number of nitrogens with zero attached hydrogens (tertiary/aromatic N) is 1. The van der Waals surface area contributed by atoms with Crippen LogP contribution in [-0.4, -0.2) is 82.3 Å². The summed E-state index contributed by atoms with van der Waals surface area (Å²) in [7, 11) is 0. The van der Waals surface area contributed by atoms with E-state index in [9.17, 15) is 34.5 Å². The van der Waals surface area contributed by atoms with Crippen molar-refractivity contribution in [1.82, 2.24) is 16.0 Å². The molecule has 0 radical (unpaired) electrons. The lowest BCUT2D eigenvalue weighted by Gasteiger charge is -2.22. The van der Waals surface area contributed by atoms with Crippen LogP contribution in [0.4, 0.5) is 0 Å². The van der Waals surface area contributed by atoms with Crippen LogP contribution in [0.5, 0.6) is 5.75 Å². The average Bonchev–Trinajstić information content (AvgIpc) is 2.79. The molecule has 0 fully saturated rings. The number of phenols is 1. The number of benzene rings is 1. The molecule has 0 aliphatic carbocycles. The van der Waals surface area contributed by atoms with Crippen LogP contribution >= 0.6 is 0 Å². The van der Waals surface area contributed by atoms with Gasteiger partial charge in [0, 0.05) is 13.0 Å². The van der Waals surface area contributed by atoms with E-state index in [2.05, 4.69) is 20.9 Å². The SMILES string of the molecule is CC(O)C(N)C(=O)NC(Cc1ccc(O)cc1)C(=O)NCC(=O)NC(CCCN=C(N)N)C(=O)O. The molecule has 1 aromatic rings. The number of carboxylic acids is 1. The molecule has 35 heavy (non-hydrogen) atoms. The number of hydrogen-bond donors (Lipinski definition) is 9. The third-order valence-electron chi connectivity index (χ3n) is 4.83. The summed E-state index contributed by atoms with van der Waals surface area (Å²) in [6, 6.07) is 2.22. The molecule has 4 unspecified atom stereocenters. The minimum absolute atomic E-state index is 0.00541. The van der Waals surface area contributed by atoms with E-state index in [1.807, 2.05) is 0 Å². The molecule has 14 nitrogen and oxygen atoms in total. The van der Waals surface area contributed by atoms with Crippen LogP contribution in [0.3, 0.4) is 0 Å². The fourth-order valence-electron chi connectivity index (χ4n) is 2.86. The zero-order chi connectivity index (χ0) is 26.5. The van der Waals surface area contributed by atoms with Crippen molar-refractivity contribution in [2.45, 2.75) is 50.4 Å². The van der Waals surface area contributed by atoms with E-state index >= 15 is 0 Å². The lowest BCUT2D eigenvalue weighted by Crippen LogP contribution is -2.56. The molecule has 12 N–H and O–H groups in total. The highest BCUT2D eigenvalue weighted by molar-refractivity contribution is 5.92. The summed E-state index contributed by atoms with van der Waals surface area (Å²) in [6.45, 7) is 0.951. The lowest BCUT2D eigenvalue weighted by molar-refractivity contribution is -0.142. The van der Waals surface area contributed by atoms with Gasteiger partial charge in [0.2, 0.25) is 17.7 Å². The van der Waals surface area contributed by atoms with E-state index in [0.29, 0.717) is 12.0 Å². The molecular weight excluding hydrogens is 462 g/mol. The Morgan fingerprint density at radius 2 is 1.66 bits per heavy atom. The normalized spacial score (nSPS) is 14.0. The number of carbonyl (C=O) groups excluding carboxylic acids is 3. The molecule has 0 aromatic heterocycles. The first-order valence-corrected chi connectivity index (χ1v) is 10.8.